The molecule has 9 heteroatoms. The van der Waals surface area contributed by atoms with E-state index in [1.807, 2.05) is 35.9 Å². The van der Waals surface area contributed by atoms with Gasteiger partial charge in [-0.1, -0.05) is 31.0 Å². The third-order valence-electron chi connectivity index (χ3n) is 4.42. The molecule has 2 aromatic heterocycles. The molecule has 0 fully saturated rings. The van der Waals surface area contributed by atoms with Gasteiger partial charge in [0.05, 0.1) is 23.1 Å². The predicted molar refractivity (Wildman–Crippen MR) is 119 cm³/mol. The van der Waals surface area contributed by atoms with Crippen LogP contribution in [0.1, 0.15) is 31.0 Å². The van der Waals surface area contributed by atoms with Gasteiger partial charge in [0.15, 0.2) is 0 Å². The van der Waals surface area contributed by atoms with Gasteiger partial charge in [0.2, 0.25) is 0 Å². The lowest BCUT2D eigenvalue weighted by atomic mass is 10.2. The van der Waals surface area contributed by atoms with E-state index in [4.69, 9.17) is 15.0 Å². The van der Waals surface area contributed by atoms with Crippen molar-refractivity contribution in [2.45, 2.75) is 38.0 Å². The lowest BCUT2D eigenvalue weighted by molar-refractivity contribution is 0.346. The van der Waals surface area contributed by atoms with Gasteiger partial charge < -0.3 is 14.9 Å². The fraction of sp³-hybridized carbons (Fsp3) is 0.318. The number of hydrogen-bond acceptors (Lipinski definition) is 5. The summed E-state index contributed by atoms with van der Waals surface area (Å²) in [5.74, 6) is 0.671. The Morgan fingerprint density at radius 2 is 1.94 bits per heavy atom. The van der Waals surface area contributed by atoms with Gasteiger partial charge in [0, 0.05) is 18.3 Å². The summed E-state index contributed by atoms with van der Waals surface area (Å²) in [5.41, 5.74) is 8.74. The van der Waals surface area contributed by atoms with Crippen LogP contribution in [0.15, 0.2) is 65.6 Å². The molecular formula is C22H28FN3O4S. The van der Waals surface area contributed by atoms with E-state index in [1.165, 1.54) is 12.1 Å². The number of benzene rings is 1. The number of imidazole rings is 1. The average molecular weight is 450 g/mol. The van der Waals surface area contributed by atoms with Gasteiger partial charge in [-0.25, -0.2) is 9.37 Å². The molecule has 0 spiro atoms. The number of halogens is 1. The fourth-order valence-electron chi connectivity index (χ4n) is 2.61. The van der Waals surface area contributed by atoms with Gasteiger partial charge in [-0.2, -0.15) is 8.42 Å². The summed E-state index contributed by atoms with van der Waals surface area (Å²) in [6, 6.07) is 9.71. The summed E-state index contributed by atoms with van der Waals surface area (Å²) in [6.07, 6.45) is 7.62. The Labute approximate surface area is 182 Å². The average Bonchev–Trinajstić information content (AvgIpc) is 3.15. The summed E-state index contributed by atoms with van der Waals surface area (Å²) in [5, 5.41) is 0. The number of ether oxygens (including phenoxy) is 1. The number of aromatic nitrogens is 2. The molecule has 3 rings (SSSR count). The smallest absolute Gasteiger partial charge is 0.294 e. The Hall–Kier alpha value is -2.75. The maximum absolute atomic E-state index is 12.4. The summed E-state index contributed by atoms with van der Waals surface area (Å²) in [7, 11) is -4.02. The molecule has 7 nitrogen and oxygen atoms in total. The highest BCUT2D eigenvalue weighted by atomic mass is 32.2. The molecule has 0 saturated heterocycles. The van der Waals surface area contributed by atoms with Crippen LogP contribution in [0.4, 0.5) is 4.39 Å². The van der Waals surface area contributed by atoms with E-state index >= 15 is 0 Å². The zero-order valence-corrected chi connectivity index (χ0v) is 18.5. The van der Waals surface area contributed by atoms with E-state index in [2.05, 4.69) is 11.9 Å². The van der Waals surface area contributed by atoms with Gasteiger partial charge in [-0.05, 0) is 44.0 Å². The van der Waals surface area contributed by atoms with Crippen LogP contribution in [-0.4, -0.2) is 35.5 Å². The Kier molecular flexibility index (Phi) is 9.17. The normalized spacial score (nSPS) is 11.8. The standard InChI is InChI=1S/C15H20FN3O.C7H8O3S/c1-2-3-4-13-9-19-10-14(5-6-15(19)18-13)20-11-12(7-16)8-17;1-6-2-4-7(5-3-6)11(8,9)10/h5-7,9-10H,2-4,8,11,17H2,1H3;2-5H,1H3,(H,8,9,10)/b12-7-;. The SMILES string of the molecule is CCCCc1cn2cc(OC/C(=C\F)CN)ccc2n1.Cc1ccc(S(=O)(=O)O)cc1. The number of pyridine rings is 1. The van der Waals surface area contributed by atoms with Crippen molar-refractivity contribution < 1.29 is 22.1 Å². The molecule has 0 atom stereocenters. The van der Waals surface area contributed by atoms with E-state index in [9.17, 15) is 12.8 Å². The molecule has 1 aromatic carbocycles. The monoisotopic (exact) mass is 449 g/mol. The number of hydrogen-bond donors (Lipinski definition) is 2. The Balaban J connectivity index is 0.000000262. The molecule has 0 bridgehead atoms. The van der Waals surface area contributed by atoms with Crippen LogP contribution < -0.4 is 10.5 Å². The Bertz CT molecular complexity index is 1110. The third kappa shape index (κ3) is 7.78. The zero-order chi connectivity index (χ0) is 22.9. The summed E-state index contributed by atoms with van der Waals surface area (Å²) < 4.78 is 49.4. The van der Waals surface area contributed by atoms with E-state index < -0.39 is 10.1 Å². The second kappa shape index (κ2) is 11.6. The van der Waals surface area contributed by atoms with Crippen molar-refractivity contribution in [3.8, 4) is 5.75 Å². The van der Waals surface area contributed by atoms with Crippen LogP contribution in [0.2, 0.25) is 0 Å². The van der Waals surface area contributed by atoms with Crippen LogP contribution in [0.25, 0.3) is 5.65 Å². The number of aryl methyl sites for hydroxylation is 2. The minimum Gasteiger partial charge on any atom is -0.488 e. The van der Waals surface area contributed by atoms with Crippen molar-refractivity contribution in [1.82, 2.24) is 9.38 Å². The van der Waals surface area contributed by atoms with Gasteiger partial charge >= 0.3 is 0 Å². The fourth-order valence-corrected chi connectivity index (χ4v) is 3.09. The molecule has 3 aromatic rings. The van der Waals surface area contributed by atoms with Crippen LogP contribution in [0.3, 0.4) is 0 Å². The summed E-state index contributed by atoms with van der Waals surface area (Å²) in [4.78, 5) is 4.47. The molecular weight excluding hydrogens is 421 g/mol. The lowest BCUT2D eigenvalue weighted by Gasteiger charge is -2.07. The van der Waals surface area contributed by atoms with Crippen LogP contribution in [0, 0.1) is 6.92 Å². The highest BCUT2D eigenvalue weighted by molar-refractivity contribution is 7.85. The first kappa shape index (κ1) is 24.5. The topological polar surface area (TPSA) is 107 Å². The zero-order valence-electron chi connectivity index (χ0n) is 17.7. The van der Waals surface area contributed by atoms with Gasteiger partial charge in [0.25, 0.3) is 10.1 Å². The molecule has 31 heavy (non-hydrogen) atoms. The number of nitrogens with zero attached hydrogens (tertiary/aromatic N) is 2. The van der Waals surface area contributed by atoms with Crippen LogP contribution in [0.5, 0.6) is 5.75 Å². The number of unbranched alkanes of at least 4 members (excludes halogenated alkanes) is 1. The van der Waals surface area contributed by atoms with Crippen LogP contribution >= 0.6 is 0 Å². The van der Waals surface area contributed by atoms with Crippen molar-refractivity contribution in [3.05, 3.63) is 72.0 Å². The van der Waals surface area contributed by atoms with Gasteiger partial charge in [-0.3, -0.25) is 4.55 Å². The van der Waals surface area contributed by atoms with Crippen molar-refractivity contribution in [3.63, 3.8) is 0 Å². The first-order chi connectivity index (χ1) is 14.8. The van der Waals surface area contributed by atoms with Crippen LogP contribution in [-0.2, 0) is 16.5 Å². The molecule has 0 aliphatic rings. The molecule has 3 N–H and O–H groups in total. The molecule has 0 radical (unpaired) electrons. The second-order valence-electron chi connectivity index (χ2n) is 7.01. The van der Waals surface area contributed by atoms with Gasteiger partial charge in [-0.15, -0.1) is 0 Å². The van der Waals surface area contributed by atoms with Gasteiger partial charge in [0.1, 0.15) is 18.0 Å². The minimum atomic E-state index is -4.02. The number of rotatable bonds is 8. The minimum absolute atomic E-state index is 0.0666. The maximum atomic E-state index is 12.4. The quantitative estimate of drug-likeness (QED) is 0.501. The van der Waals surface area contributed by atoms with Crippen molar-refractivity contribution in [1.29, 1.82) is 0 Å². The summed E-state index contributed by atoms with van der Waals surface area (Å²) in [6.45, 7) is 4.32. The number of nitrogens with two attached hydrogens (primary N) is 1. The van der Waals surface area contributed by atoms with E-state index in [1.54, 1.807) is 12.1 Å². The molecule has 0 aliphatic carbocycles. The molecule has 0 amide bonds. The first-order valence-corrected chi connectivity index (χ1v) is 11.3. The second-order valence-corrected chi connectivity index (χ2v) is 8.44. The van der Waals surface area contributed by atoms with E-state index in [0.29, 0.717) is 17.7 Å². The molecule has 0 unspecified atom stereocenters. The Morgan fingerprint density at radius 3 is 2.52 bits per heavy atom. The molecule has 0 saturated carbocycles. The molecule has 168 valence electrons. The third-order valence-corrected chi connectivity index (χ3v) is 5.29. The highest BCUT2D eigenvalue weighted by Crippen LogP contribution is 2.15. The maximum Gasteiger partial charge on any atom is 0.294 e. The van der Waals surface area contributed by atoms with Crippen molar-refractivity contribution in [2.75, 3.05) is 13.2 Å². The highest BCUT2D eigenvalue weighted by Gasteiger charge is 2.07. The summed E-state index contributed by atoms with van der Waals surface area (Å²) >= 11 is 0. The first-order valence-electron chi connectivity index (χ1n) is 9.89. The lowest BCUT2D eigenvalue weighted by Crippen LogP contribution is -2.10. The molecule has 0 aliphatic heterocycles. The predicted octanol–water partition coefficient (Wildman–Crippen LogP) is 4.11. The van der Waals surface area contributed by atoms with E-state index in [0.717, 1.165) is 36.2 Å². The largest absolute Gasteiger partial charge is 0.488 e. The molecule has 2 heterocycles. The van der Waals surface area contributed by atoms with Crippen molar-refractivity contribution in [2.24, 2.45) is 5.73 Å². The number of fused-ring (bicyclic) bond motifs is 1. The Morgan fingerprint density at radius 1 is 1.23 bits per heavy atom. The van der Waals surface area contributed by atoms with E-state index in [-0.39, 0.29) is 18.0 Å². The van der Waals surface area contributed by atoms with Crippen molar-refractivity contribution >= 4 is 15.8 Å².